The van der Waals surface area contributed by atoms with Crippen LogP contribution in [0.15, 0.2) is 54.6 Å². The molecule has 2 aromatic carbocycles. The molecule has 1 amide bonds. The van der Waals surface area contributed by atoms with Crippen LogP contribution in [0.3, 0.4) is 0 Å². The second-order valence-electron chi connectivity index (χ2n) is 4.75. The summed E-state index contributed by atoms with van der Waals surface area (Å²) in [6.45, 7) is 2.00. The number of carbonyl (C=O) groups excluding carboxylic acids is 1. The molecule has 0 radical (unpaired) electrons. The number of rotatable bonds is 3. The predicted octanol–water partition coefficient (Wildman–Crippen LogP) is 2.34. The highest BCUT2D eigenvalue weighted by Gasteiger charge is 2.18. The summed E-state index contributed by atoms with van der Waals surface area (Å²) in [6, 6.07) is 17.1. The SMILES string of the molecule is Cc1ccc(-n2nc(C(N)=O)c(-c3ccccc3)n2)cc1. The molecule has 21 heavy (non-hydrogen) atoms. The van der Waals surface area contributed by atoms with E-state index in [1.165, 1.54) is 4.80 Å². The number of carbonyl (C=O) groups is 1. The molecule has 5 nitrogen and oxygen atoms in total. The molecule has 3 rings (SSSR count). The second-order valence-corrected chi connectivity index (χ2v) is 4.75. The Morgan fingerprint density at radius 1 is 1.00 bits per heavy atom. The summed E-state index contributed by atoms with van der Waals surface area (Å²) in [5, 5.41) is 8.62. The standard InChI is InChI=1S/C16H14N4O/c1-11-7-9-13(10-8-11)20-18-14(15(19-20)16(17)21)12-5-3-2-4-6-12/h2-10H,1H3,(H2,17,21). The molecule has 0 fully saturated rings. The lowest BCUT2D eigenvalue weighted by atomic mass is 10.1. The lowest BCUT2D eigenvalue weighted by Crippen LogP contribution is -2.13. The fourth-order valence-electron chi connectivity index (χ4n) is 2.06. The first-order valence-corrected chi connectivity index (χ1v) is 6.55. The van der Waals surface area contributed by atoms with Crippen LogP contribution in [-0.2, 0) is 0 Å². The minimum atomic E-state index is -0.591. The van der Waals surface area contributed by atoms with E-state index in [1.54, 1.807) is 0 Å². The summed E-state index contributed by atoms with van der Waals surface area (Å²) in [6.07, 6.45) is 0. The van der Waals surface area contributed by atoms with Gasteiger partial charge in [-0.05, 0) is 19.1 Å². The highest BCUT2D eigenvalue weighted by molar-refractivity contribution is 5.96. The van der Waals surface area contributed by atoms with E-state index in [-0.39, 0.29) is 5.69 Å². The van der Waals surface area contributed by atoms with E-state index in [0.717, 1.165) is 16.8 Å². The number of benzene rings is 2. The number of aryl methyl sites for hydroxylation is 1. The molecule has 3 aromatic rings. The third kappa shape index (κ3) is 2.53. The van der Waals surface area contributed by atoms with E-state index >= 15 is 0 Å². The summed E-state index contributed by atoms with van der Waals surface area (Å²) < 4.78 is 0. The van der Waals surface area contributed by atoms with Crippen LogP contribution < -0.4 is 5.73 Å². The Hall–Kier alpha value is -2.95. The van der Waals surface area contributed by atoms with Gasteiger partial charge in [-0.25, -0.2) is 0 Å². The van der Waals surface area contributed by atoms with Crippen molar-refractivity contribution in [2.45, 2.75) is 6.92 Å². The normalized spacial score (nSPS) is 10.5. The minimum Gasteiger partial charge on any atom is -0.364 e. The number of hydrogen-bond acceptors (Lipinski definition) is 3. The molecule has 2 N–H and O–H groups in total. The monoisotopic (exact) mass is 278 g/mol. The fourth-order valence-corrected chi connectivity index (χ4v) is 2.06. The smallest absolute Gasteiger partial charge is 0.271 e. The van der Waals surface area contributed by atoms with Gasteiger partial charge in [-0.3, -0.25) is 4.79 Å². The van der Waals surface area contributed by atoms with Crippen molar-refractivity contribution >= 4 is 5.91 Å². The van der Waals surface area contributed by atoms with Crippen LogP contribution in [-0.4, -0.2) is 20.9 Å². The van der Waals surface area contributed by atoms with Gasteiger partial charge in [-0.2, -0.15) is 4.80 Å². The Morgan fingerprint density at radius 2 is 1.67 bits per heavy atom. The predicted molar refractivity (Wildman–Crippen MR) is 80.0 cm³/mol. The molecule has 0 saturated heterocycles. The lowest BCUT2D eigenvalue weighted by molar-refractivity contribution is 0.0996. The maximum Gasteiger partial charge on any atom is 0.271 e. The van der Waals surface area contributed by atoms with Crippen LogP contribution in [0.25, 0.3) is 16.9 Å². The van der Waals surface area contributed by atoms with Gasteiger partial charge in [0.05, 0.1) is 5.69 Å². The molecule has 0 aliphatic rings. The van der Waals surface area contributed by atoms with Gasteiger partial charge in [-0.15, -0.1) is 10.2 Å². The molecule has 0 aliphatic heterocycles. The molecule has 104 valence electrons. The van der Waals surface area contributed by atoms with E-state index in [4.69, 9.17) is 5.73 Å². The second kappa shape index (κ2) is 5.20. The van der Waals surface area contributed by atoms with E-state index in [0.29, 0.717) is 5.69 Å². The van der Waals surface area contributed by atoms with Crippen LogP contribution in [0, 0.1) is 6.92 Å². The largest absolute Gasteiger partial charge is 0.364 e. The number of aromatic nitrogens is 3. The van der Waals surface area contributed by atoms with Crippen molar-refractivity contribution in [2.75, 3.05) is 0 Å². The Labute approximate surface area is 122 Å². The Balaban J connectivity index is 2.13. The van der Waals surface area contributed by atoms with Crippen LogP contribution in [0.4, 0.5) is 0 Å². The molecule has 5 heteroatoms. The first-order valence-electron chi connectivity index (χ1n) is 6.55. The number of nitrogens with zero attached hydrogens (tertiary/aromatic N) is 3. The highest BCUT2D eigenvalue weighted by atomic mass is 16.1. The summed E-state index contributed by atoms with van der Waals surface area (Å²) in [4.78, 5) is 13.0. The van der Waals surface area contributed by atoms with Crippen LogP contribution in [0.2, 0.25) is 0 Å². The van der Waals surface area contributed by atoms with Crippen molar-refractivity contribution in [3.8, 4) is 16.9 Å². The average Bonchev–Trinajstić information content (AvgIpc) is 2.94. The fraction of sp³-hybridized carbons (Fsp3) is 0.0625. The van der Waals surface area contributed by atoms with Gasteiger partial charge in [0.15, 0.2) is 5.69 Å². The third-order valence-electron chi connectivity index (χ3n) is 3.16. The van der Waals surface area contributed by atoms with Crippen molar-refractivity contribution < 1.29 is 4.79 Å². The summed E-state index contributed by atoms with van der Waals surface area (Å²) >= 11 is 0. The van der Waals surface area contributed by atoms with Gasteiger partial charge in [0.1, 0.15) is 5.69 Å². The van der Waals surface area contributed by atoms with Crippen molar-refractivity contribution in [3.63, 3.8) is 0 Å². The van der Waals surface area contributed by atoms with E-state index in [9.17, 15) is 4.79 Å². The van der Waals surface area contributed by atoms with Crippen molar-refractivity contribution in [1.82, 2.24) is 15.0 Å². The van der Waals surface area contributed by atoms with Gasteiger partial charge in [0.2, 0.25) is 0 Å². The van der Waals surface area contributed by atoms with Gasteiger partial charge in [-0.1, -0.05) is 48.0 Å². The molecule has 0 saturated carbocycles. The molecule has 0 aliphatic carbocycles. The van der Waals surface area contributed by atoms with Crippen LogP contribution in [0.5, 0.6) is 0 Å². The summed E-state index contributed by atoms with van der Waals surface area (Å²) in [5.74, 6) is -0.591. The summed E-state index contributed by atoms with van der Waals surface area (Å²) in [5.41, 5.74) is 8.81. The van der Waals surface area contributed by atoms with Gasteiger partial charge in [0.25, 0.3) is 5.91 Å². The summed E-state index contributed by atoms with van der Waals surface area (Å²) in [7, 11) is 0. The Bertz CT molecular complexity index is 776. The Kier molecular flexibility index (Phi) is 3.23. The first kappa shape index (κ1) is 13.1. The van der Waals surface area contributed by atoms with Gasteiger partial charge >= 0.3 is 0 Å². The van der Waals surface area contributed by atoms with E-state index in [1.807, 2.05) is 61.5 Å². The molecular weight excluding hydrogens is 264 g/mol. The zero-order valence-corrected chi connectivity index (χ0v) is 11.5. The van der Waals surface area contributed by atoms with Crippen LogP contribution >= 0.6 is 0 Å². The average molecular weight is 278 g/mol. The minimum absolute atomic E-state index is 0.168. The van der Waals surface area contributed by atoms with Crippen molar-refractivity contribution in [1.29, 1.82) is 0 Å². The maximum absolute atomic E-state index is 11.6. The lowest BCUT2D eigenvalue weighted by Gasteiger charge is -1.99. The number of amides is 1. The molecule has 1 aromatic heterocycles. The van der Waals surface area contributed by atoms with E-state index < -0.39 is 5.91 Å². The van der Waals surface area contributed by atoms with Crippen molar-refractivity contribution in [3.05, 3.63) is 65.9 Å². The Morgan fingerprint density at radius 3 is 2.29 bits per heavy atom. The molecule has 0 bridgehead atoms. The molecular formula is C16H14N4O. The third-order valence-corrected chi connectivity index (χ3v) is 3.16. The molecule has 1 heterocycles. The highest BCUT2D eigenvalue weighted by Crippen LogP contribution is 2.21. The zero-order chi connectivity index (χ0) is 14.8. The zero-order valence-electron chi connectivity index (χ0n) is 11.5. The first-order chi connectivity index (χ1) is 10.1. The molecule has 0 atom stereocenters. The maximum atomic E-state index is 11.6. The van der Waals surface area contributed by atoms with Crippen LogP contribution in [0.1, 0.15) is 16.1 Å². The quantitative estimate of drug-likeness (QED) is 0.799. The van der Waals surface area contributed by atoms with E-state index in [2.05, 4.69) is 10.2 Å². The molecule has 0 unspecified atom stereocenters. The number of nitrogens with two attached hydrogens (primary N) is 1. The topological polar surface area (TPSA) is 73.8 Å². The number of hydrogen-bond donors (Lipinski definition) is 1. The number of primary amides is 1. The van der Waals surface area contributed by atoms with Crippen molar-refractivity contribution in [2.24, 2.45) is 5.73 Å². The van der Waals surface area contributed by atoms with Gasteiger partial charge in [0, 0.05) is 5.56 Å². The van der Waals surface area contributed by atoms with Gasteiger partial charge < -0.3 is 5.73 Å². The molecule has 0 spiro atoms.